The normalized spacial score (nSPS) is 10.6. The summed E-state index contributed by atoms with van der Waals surface area (Å²) in [5.41, 5.74) is 3.85. The number of rotatable bonds is 4. The molecule has 2 rings (SSSR count). The molecule has 0 spiro atoms. The van der Waals surface area contributed by atoms with Gasteiger partial charge in [0.2, 0.25) is 0 Å². The molecular formula is C13H17N3. The first-order valence-electron chi connectivity index (χ1n) is 5.48. The van der Waals surface area contributed by atoms with Gasteiger partial charge in [0.15, 0.2) is 0 Å². The van der Waals surface area contributed by atoms with Gasteiger partial charge in [-0.15, -0.1) is 0 Å². The second-order valence-electron chi connectivity index (χ2n) is 4.11. The minimum atomic E-state index is 0.863. The van der Waals surface area contributed by atoms with E-state index in [1.165, 1.54) is 16.7 Å². The van der Waals surface area contributed by atoms with Crippen LogP contribution < -0.4 is 5.32 Å². The van der Waals surface area contributed by atoms with Crippen molar-refractivity contribution in [3.63, 3.8) is 0 Å². The molecule has 16 heavy (non-hydrogen) atoms. The molecule has 0 aliphatic heterocycles. The monoisotopic (exact) mass is 215 g/mol. The summed E-state index contributed by atoms with van der Waals surface area (Å²) in [6.07, 6.45) is 3.92. The van der Waals surface area contributed by atoms with Crippen LogP contribution in [0.5, 0.6) is 0 Å². The average molecular weight is 215 g/mol. The van der Waals surface area contributed by atoms with E-state index >= 15 is 0 Å². The maximum atomic E-state index is 4.13. The van der Waals surface area contributed by atoms with Gasteiger partial charge < -0.3 is 5.32 Å². The number of benzene rings is 1. The van der Waals surface area contributed by atoms with Crippen LogP contribution in [0.2, 0.25) is 0 Å². The Balaban J connectivity index is 1.84. The maximum absolute atomic E-state index is 4.13. The predicted octanol–water partition coefficient (Wildman–Crippen LogP) is 2.02. The number of hydrogen-bond acceptors (Lipinski definition) is 2. The van der Waals surface area contributed by atoms with E-state index < -0.39 is 0 Å². The number of nitrogens with one attached hydrogen (secondary N) is 1. The molecule has 0 saturated carbocycles. The lowest BCUT2D eigenvalue weighted by atomic mass is 10.1. The van der Waals surface area contributed by atoms with Crippen molar-refractivity contribution in [3.8, 4) is 0 Å². The maximum Gasteiger partial charge on any atom is 0.0534 e. The van der Waals surface area contributed by atoms with Gasteiger partial charge in [-0.25, -0.2) is 0 Å². The average Bonchev–Trinajstić information content (AvgIpc) is 2.64. The summed E-state index contributed by atoms with van der Waals surface area (Å²) in [5.74, 6) is 0. The molecule has 0 aliphatic carbocycles. The smallest absolute Gasteiger partial charge is 0.0534 e. The SMILES string of the molecule is Cc1cccc(CNCc2cnn(C)c2)c1. The quantitative estimate of drug-likeness (QED) is 0.845. The third kappa shape index (κ3) is 2.94. The van der Waals surface area contributed by atoms with E-state index in [1.807, 2.05) is 24.1 Å². The van der Waals surface area contributed by atoms with Gasteiger partial charge in [-0.05, 0) is 12.5 Å². The van der Waals surface area contributed by atoms with Crippen molar-refractivity contribution in [3.05, 3.63) is 53.3 Å². The van der Waals surface area contributed by atoms with E-state index in [0.29, 0.717) is 0 Å². The molecule has 2 aromatic rings. The first-order valence-corrected chi connectivity index (χ1v) is 5.48. The Morgan fingerprint density at radius 2 is 2.06 bits per heavy atom. The van der Waals surface area contributed by atoms with Crippen molar-refractivity contribution >= 4 is 0 Å². The Morgan fingerprint density at radius 1 is 1.25 bits per heavy atom. The van der Waals surface area contributed by atoms with Crippen LogP contribution in [0.1, 0.15) is 16.7 Å². The highest BCUT2D eigenvalue weighted by molar-refractivity contribution is 5.22. The fraction of sp³-hybridized carbons (Fsp3) is 0.308. The van der Waals surface area contributed by atoms with Gasteiger partial charge in [-0.1, -0.05) is 29.8 Å². The second kappa shape index (κ2) is 4.94. The third-order valence-electron chi connectivity index (χ3n) is 2.50. The van der Waals surface area contributed by atoms with Crippen LogP contribution in [0.25, 0.3) is 0 Å². The lowest BCUT2D eigenvalue weighted by molar-refractivity contribution is 0.691. The summed E-state index contributed by atoms with van der Waals surface area (Å²) in [6, 6.07) is 8.56. The van der Waals surface area contributed by atoms with E-state index in [1.54, 1.807) is 0 Å². The molecule has 84 valence electrons. The number of aryl methyl sites for hydroxylation is 2. The molecular weight excluding hydrogens is 198 g/mol. The van der Waals surface area contributed by atoms with Crippen molar-refractivity contribution < 1.29 is 0 Å². The van der Waals surface area contributed by atoms with Crippen molar-refractivity contribution in [2.24, 2.45) is 7.05 Å². The molecule has 1 heterocycles. The van der Waals surface area contributed by atoms with Crippen LogP contribution in [0.3, 0.4) is 0 Å². The highest BCUT2D eigenvalue weighted by Crippen LogP contribution is 2.04. The molecule has 0 aliphatic rings. The summed E-state index contributed by atoms with van der Waals surface area (Å²) in [4.78, 5) is 0. The van der Waals surface area contributed by atoms with E-state index in [4.69, 9.17) is 0 Å². The number of hydrogen-bond donors (Lipinski definition) is 1. The zero-order valence-corrected chi connectivity index (χ0v) is 9.77. The van der Waals surface area contributed by atoms with E-state index in [2.05, 4.69) is 41.6 Å². The minimum absolute atomic E-state index is 0.863. The van der Waals surface area contributed by atoms with Gasteiger partial charge in [-0.2, -0.15) is 5.10 Å². The summed E-state index contributed by atoms with van der Waals surface area (Å²) >= 11 is 0. The molecule has 0 fully saturated rings. The topological polar surface area (TPSA) is 29.9 Å². The molecule has 0 bridgehead atoms. The first-order chi connectivity index (χ1) is 7.74. The Kier molecular flexibility index (Phi) is 3.37. The van der Waals surface area contributed by atoms with Crippen LogP contribution in [0.15, 0.2) is 36.7 Å². The molecule has 1 aromatic heterocycles. The van der Waals surface area contributed by atoms with E-state index in [0.717, 1.165) is 13.1 Å². The van der Waals surface area contributed by atoms with Crippen LogP contribution in [0, 0.1) is 6.92 Å². The van der Waals surface area contributed by atoms with Crippen LogP contribution >= 0.6 is 0 Å². The zero-order valence-electron chi connectivity index (χ0n) is 9.77. The van der Waals surface area contributed by atoms with Crippen molar-refractivity contribution in [2.45, 2.75) is 20.0 Å². The van der Waals surface area contributed by atoms with Crippen LogP contribution in [-0.2, 0) is 20.1 Å². The molecule has 0 amide bonds. The van der Waals surface area contributed by atoms with Crippen molar-refractivity contribution in [1.82, 2.24) is 15.1 Å². The minimum Gasteiger partial charge on any atom is -0.309 e. The van der Waals surface area contributed by atoms with Crippen molar-refractivity contribution in [2.75, 3.05) is 0 Å². The highest BCUT2D eigenvalue weighted by atomic mass is 15.2. The van der Waals surface area contributed by atoms with Gasteiger partial charge in [0.05, 0.1) is 6.20 Å². The summed E-state index contributed by atoms with van der Waals surface area (Å²) in [6.45, 7) is 3.88. The van der Waals surface area contributed by atoms with Gasteiger partial charge in [-0.3, -0.25) is 4.68 Å². The largest absolute Gasteiger partial charge is 0.309 e. The molecule has 0 atom stereocenters. The first kappa shape index (κ1) is 10.9. The number of nitrogens with zero attached hydrogens (tertiary/aromatic N) is 2. The van der Waals surface area contributed by atoms with E-state index in [9.17, 15) is 0 Å². The third-order valence-corrected chi connectivity index (χ3v) is 2.50. The molecule has 1 aromatic carbocycles. The van der Waals surface area contributed by atoms with Gasteiger partial charge >= 0.3 is 0 Å². The molecule has 0 unspecified atom stereocenters. The fourth-order valence-corrected chi connectivity index (χ4v) is 1.74. The van der Waals surface area contributed by atoms with E-state index in [-0.39, 0.29) is 0 Å². The van der Waals surface area contributed by atoms with Crippen LogP contribution in [0.4, 0.5) is 0 Å². The number of aromatic nitrogens is 2. The predicted molar refractivity (Wildman–Crippen MR) is 64.9 cm³/mol. The molecule has 3 heteroatoms. The van der Waals surface area contributed by atoms with Gasteiger partial charge in [0.1, 0.15) is 0 Å². The lowest BCUT2D eigenvalue weighted by Gasteiger charge is -2.04. The highest BCUT2D eigenvalue weighted by Gasteiger charge is 1.96. The Labute approximate surface area is 96.1 Å². The molecule has 0 saturated heterocycles. The molecule has 1 N–H and O–H groups in total. The molecule has 0 radical (unpaired) electrons. The summed E-state index contributed by atoms with van der Waals surface area (Å²) < 4.78 is 1.82. The fourth-order valence-electron chi connectivity index (χ4n) is 1.74. The standard InChI is InChI=1S/C13H17N3/c1-11-4-3-5-12(6-11)7-14-8-13-9-15-16(2)10-13/h3-6,9-10,14H,7-8H2,1-2H3. The Bertz CT molecular complexity index is 460. The summed E-state index contributed by atoms with van der Waals surface area (Å²) in [5, 5.41) is 7.54. The summed E-state index contributed by atoms with van der Waals surface area (Å²) in [7, 11) is 1.93. The molecule has 3 nitrogen and oxygen atoms in total. The Morgan fingerprint density at radius 3 is 2.75 bits per heavy atom. The Hall–Kier alpha value is -1.61. The van der Waals surface area contributed by atoms with Gasteiger partial charge in [0, 0.05) is 31.9 Å². The van der Waals surface area contributed by atoms with Gasteiger partial charge in [0.25, 0.3) is 0 Å². The van der Waals surface area contributed by atoms with Crippen molar-refractivity contribution in [1.29, 1.82) is 0 Å². The second-order valence-corrected chi connectivity index (χ2v) is 4.11. The zero-order chi connectivity index (χ0) is 11.4. The van der Waals surface area contributed by atoms with Crippen LogP contribution in [-0.4, -0.2) is 9.78 Å². The lowest BCUT2D eigenvalue weighted by Crippen LogP contribution is -2.12.